The minimum atomic E-state index is 0.00316. The standard InChI is InChI=1S/C22H29N5O2S/c1-16-13-17(25-29-16)15-27-11-9-26(10-12-27)8-7-21(28)24-22-19(14-23)18-5-3-2-4-6-20(18)30-22/h13H,2-12,15H2,1H3,(H,24,28). The highest BCUT2D eigenvalue weighted by Gasteiger charge is 2.22. The van der Waals surface area contributed by atoms with E-state index in [-0.39, 0.29) is 5.91 Å². The Morgan fingerprint density at radius 2 is 2.00 bits per heavy atom. The Hall–Kier alpha value is -2.21. The van der Waals surface area contributed by atoms with Crippen LogP contribution in [0.5, 0.6) is 0 Å². The van der Waals surface area contributed by atoms with E-state index in [1.54, 1.807) is 11.3 Å². The third-order valence-electron chi connectivity index (χ3n) is 5.97. The van der Waals surface area contributed by atoms with Crippen molar-refractivity contribution in [2.45, 2.75) is 52.0 Å². The molecule has 2 aromatic heterocycles. The molecule has 0 unspecified atom stereocenters. The first-order chi connectivity index (χ1) is 14.6. The van der Waals surface area contributed by atoms with E-state index < -0.39 is 0 Å². The van der Waals surface area contributed by atoms with E-state index in [4.69, 9.17) is 4.52 Å². The van der Waals surface area contributed by atoms with Gasteiger partial charge in [-0.2, -0.15) is 5.26 Å². The van der Waals surface area contributed by atoms with Crippen molar-refractivity contribution < 1.29 is 9.32 Å². The van der Waals surface area contributed by atoms with Gasteiger partial charge >= 0.3 is 0 Å². The average Bonchev–Trinajstić information content (AvgIpc) is 3.21. The molecular weight excluding hydrogens is 398 g/mol. The van der Waals surface area contributed by atoms with Crippen LogP contribution in [0.1, 0.15) is 53.1 Å². The zero-order valence-electron chi connectivity index (χ0n) is 17.6. The molecule has 0 bridgehead atoms. The second-order valence-electron chi connectivity index (χ2n) is 8.23. The summed E-state index contributed by atoms with van der Waals surface area (Å²) in [6, 6.07) is 4.32. The monoisotopic (exact) mass is 427 g/mol. The number of nitrogens with one attached hydrogen (secondary N) is 1. The van der Waals surface area contributed by atoms with Gasteiger partial charge in [-0.25, -0.2) is 0 Å². The summed E-state index contributed by atoms with van der Waals surface area (Å²) in [4.78, 5) is 18.5. The largest absolute Gasteiger partial charge is 0.361 e. The van der Waals surface area contributed by atoms with E-state index in [9.17, 15) is 10.1 Å². The second-order valence-corrected chi connectivity index (χ2v) is 9.33. The highest BCUT2D eigenvalue weighted by Crippen LogP contribution is 2.37. The number of carbonyl (C=O) groups is 1. The number of anilines is 1. The highest BCUT2D eigenvalue weighted by molar-refractivity contribution is 7.16. The van der Waals surface area contributed by atoms with Crippen LogP contribution in [0.2, 0.25) is 0 Å². The van der Waals surface area contributed by atoms with Crippen LogP contribution in [0.3, 0.4) is 0 Å². The zero-order valence-corrected chi connectivity index (χ0v) is 18.4. The number of amides is 1. The third kappa shape index (κ3) is 5.09. The van der Waals surface area contributed by atoms with Crippen molar-refractivity contribution in [1.29, 1.82) is 5.26 Å². The van der Waals surface area contributed by atoms with Crippen molar-refractivity contribution in [3.8, 4) is 6.07 Å². The molecule has 2 aromatic rings. The van der Waals surface area contributed by atoms with E-state index in [0.717, 1.165) is 75.0 Å². The Kier molecular flexibility index (Phi) is 6.82. The molecule has 1 aliphatic heterocycles. The number of hydrogen-bond acceptors (Lipinski definition) is 7. The lowest BCUT2D eigenvalue weighted by Crippen LogP contribution is -2.46. The quantitative estimate of drug-likeness (QED) is 0.712. The fourth-order valence-electron chi connectivity index (χ4n) is 4.29. The molecule has 4 rings (SSSR count). The molecule has 7 nitrogen and oxygen atoms in total. The minimum Gasteiger partial charge on any atom is -0.361 e. The molecule has 0 radical (unpaired) electrons. The molecule has 3 heterocycles. The summed E-state index contributed by atoms with van der Waals surface area (Å²) in [5.41, 5.74) is 2.85. The maximum Gasteiger partial charge on any atom is 0.226 e. The fourth-order valence-corrected chi connectivity index (χ4v) is 5.55. The predicted molar refractivity (Wildman–Crippen MR) is 116 cm³/mol. The Balaban J connectivity index is 1.23. The van der Waals surface area contributed by atoms with Gasteiger partial charge in [-0.1, -0.05) is 11.6 Å². The molecule has 30 heavy (non-hydrogen) atoms. The molecule has 1 aliphatic carbocycles. The lowest BCUT2D eigenvalue weighted by Gasteiger charge is -2.34. The van der Waals surface area contributed by atoms with Gasteiger partial charge in [0.25, 0.3) is 0 Å². The molecular formula is C22H29N5O2S. The predicted octanol–water partition coefficient (Wildman–Crippen LogP) is 3.33. The first-order valence-corrected chi connectivity index (χ1v) is 11.7. The molecule has 2 aliphatic rings. The van der Waals surface area contributed by atoms with Crippen molar-refractivity contribution >= 4 is 22.2 Å². The van der Waals surface area contributed by atoms with E-state index in [1.165, 1.54) is 23.3 Å². The van der Waals surface area contributed by atoms with Gasteiger partial charge in [0.05, 0.1) is 11.3 Å². The number of piperazine rings is 1. The summed E-state index contributed by atoms with van der Waals surface area (Å²) in [5.74, 6) is 0.847. The Morgan fingerprint density at radius 1 is 1.23 bits per heavy atom. The van der Waals surface area contributed by atoms with Crippen molar-refractivity contribution in [3.63, 3.8) is 0 Å². The maximum atomic E-state index is 12.5. The molecule has 8 heteroatoms. The van der Waals surface area contributed by atoms with Gasteiger partial charge in [-0.05, 0) is 38.2 Å². The summed E-state index contributed by atoms with van der Waals surface area (Å²) >= 11 is 1.60. The smallest absolute Gasteiger partial charge is 0.226 e. The van der Waals surface area contributed by atoms with Crippen LogP contribution < -0.4 is 5.32 Å². The number of fused-ring (bicyclic) bond motifs is 1. The van der Waals surface area contributed by atoms with Crippen LogP contribution in [0, 0.1) is 18.3 Å². The van der Waals surface area contributed by atoms with Crippen molar-refractivity contribution in [2.24, 2.45) is 0 Å². The van der Waals surface area contributed by atoms with Gasteiger partial charge in [-0.15, -0.1) is 11.3 Å². The number of aromatic nitrogens is 1. The minimum absolute atomic E-state index is 0.00316. The van der Waals surface area contributed by atoms with Gasteiger partial charge < -0.3 is 14.7 Å². The summed E-state index contributed by atoms with van der Waals surface area (Å²) in [7, 11) is 0. The molecule has 160 valence electrons. The summed E-state index contributed by atoms with van der Waals surface area (Å²) in [5, 5.41) is 17.5. The van der Waals surface area contributed by atoms with Gasteiger partial charge in [0.2, 0.25) is 5.91 Å². The molecule has 0 aromatic carbocycles. The second kappa shape index (κ2) is 9.73. The molecule has 1 fully saturated rings. The van der Waals surface area contributed by atoms with Crippen LogP contribution in [-0.2, 0) is 24.2 Å². The molecule has 0 spiro atoms. The van der Waals surface area contributed by atoms with Crippen molar-refractivity contribution in [1.82, 2.24) is 15.0 Å². The lowest BCUT2D eigenvalue weighted by atomic mass is 10.1. The normalized spacial score (nSPS) is 17.9. The van der Waals surface area contributed by atoms with E-state index in [0.29, 0.717) is 12.0 Å². The first kappa shape index (κ1) is 21.0. The van der Waals surface area contributed by atoms with E-state index >= 15 is 0 Å². The third-order valence-corrected chi connectivity index (χ3v) is 7.18. The van der Waals surface area contributed by atoms with Crippen LogP contribution in [0.25, 0.3) is 0 Å². The maximum absolute atomic E-state index is 12.5. The molecule has 0 atom stereocenters. The molecule has 1 saturated heterocycles. The number of hydrogen-bond donors (Lipinski definition) is 1. The topological polar surface area (TPSA) is 85.4 Å². The summed E-state index contributed by atoms with van der Waals surface area (Å²) < 4.78 is 5.14. The number of nitriles is 1. The highest BCUT2D eigenvalue weighted by atomic mass is 32.1. The number of aryl methyl sites for hydroxylation is 2. The average molecular weight is 428 g/mol. The van der Waals surface area contributed by atoms with Crippen LogP contribution >= 0.6 is 11.3 Å². The number of carbonyl (C=O) groups excluding carboxylic acids is 1. The number of thiophene rings is 1. The fraction of sp³-hybridized carbons (Fsp3) is 0.591. The van der Waals surface area contributed by atoms with Gasteiger partial charge in [0, 0.05) is 56.6 Å². The van der Waals surface area contributed by atoms with Crippen molar-refractivity contribution in [3.05, 3.63) is 33.5 Å². The summed E-state index contributed by atoms with van der Waals surface area (Å²) in [6.45, 7) is 7.28. The van der Waals surface area contributed by atoms with E-state index in [2.05, 4.69) is 26.3 Å². The Morgan fingerprint density at radius 3 is 2.73 bits per heavy atom. The molecule has 1 amide bonds. The Labute approximate surface area is 181 Å². The van der Waals surface area contributed by atoms with Crippen molar-refractivity contribution in [2.75, 3.05) is 38.0 Å². The lowest BCUT2D eigenvalue weighted by molar-refractivity contribution is -0.116. The molecule has 0 saturated carbocycles. The number of nitrogens with zero attached hydrogens (tertiary/aromatic N) is 4. The van der Waals surface area contributed by atoms with Gasteiger partial charge in [0.1, 0.15) is 16.8 Å². The first-order valence-electron chi connectivity index (χ1n) is 10.8. The zero-order chi connectivity index (χ0) is 20.9. The number of rotatable bonds is 6. The van der Waals surface area contributed by atoms with Crippen LogP contribution in [-0.4, -0.2) is 53.6 Å². The Bertz CT molecular complexity index is 921. The SMILES string of the molecule is Cc1cc(CN2CCN(CCC(=O)Nc3sc4c(c3C#N)CCCCC4)CC2)no1. The summed E-state index contributed by atoms with van der Waals surface area (Å²) in [6.07, 6.45) is 5.98. The van der Waals surface area contributed by atoms with E-state index in [1.807, 2.05) is 13.0 Å². The van der Waals surface area contributed by atoms with Gasteiger partial charge in [-0.3, -0.25) is 9.69 Å². The van der Waals surface area contributed by atoms with Crippen LogP contribution in [0.4, 0.5) is 5.00 Å². The van der Waals surface area contributed by atoms with Gasteiger partial charge in [0.15, 0.2) is 0 Å². The molecule has 1 N–H and O–H groups in total. The van der Waals surface area contributed by atoms with Crippen LogP contribution in [0.15, 0.2) is 10.6 Å².